The molecule has 0 aliphatic rings. The number of anilines is 3. The maximum absolute atomic E-state index is 2.39. The van der Waals surface area contributed by atoms with E-state index in [1.165, 1.54) is 61.2 Å². The number of benzene rings is 10. The second-order valence-electron chi connectivity index (χ2n) is 15.3. The minimum atomic E-state index is 1.08. The molecule has 0 fully saturated rings. The largest absolute Gasteiger partial charge is 0.310 e. The fraction of sp³-hybridized carbons (Fsp3) is 0. The molecule has 0 spiro atoms. The van der Waals surface area contributed by atoms with Crippen LogP contribution in [-0.2, 0) is 0 Å². The first-order chi connectivity index (χ1) is 30.2. The summed E-state index contributed by atoms with van der Waals surface area (Å²) >= 11 is 0. The van der Waals surface area contributed by atoms with Crippen molar-refractivity contribution in [1.82, 2.24) is 0 Å². The lowest BCUT2D eigenvalue weighted by Crippen LogP contribution is -2.10. The molecule has 10 rings (SSSR count). The highest BCUT2D eigenvalue weighted by Crippen LogP contribution is 2.42. The molecule has 0 atom stereocenters. The smallest absolute Gasteiger partial charge is 0.0467 e. The van der Waals surface area contributed by atoms with Gasteiger partial charge in [-0.05, 0) is 132 Å². The van der Waals surface area contributed by atoms with Crippen LogP contribution in [0.5, 0.6) is 0 Å². The van der Waals surface area contributed by atoms with Gasteiger partial charge in [0.1, 0.15) is 0 Å². The standard InChI is InChI=1S/C60H43N/c1-5-19-44(20-6-1)51-39-52(45-21-7-2-8-22-45)41-53(40-51)46-35-37-54(38-36-46)61(55-29-17-27-49(42-55)59-33-15-13-31-57(59)47-23-9-3-10-24-47)56-30-18-28-50(43-56)60-34-16-14-32-58(60)48-25-11-4-12-26-48/h1-43H. The normalized spacial score (nSPS) is 11.0. The maximum atomic E-state index is 2.39. The first-order valence-corrected chi connectivity index (χ1v) is 20.9. The topological polar surface area (TPSA) is 3.24 Å². The molecule has 0 aliphatic carbocycles. The quantitative estimate of drug-likeness (QED) is 0.134. The van der Waals surface area contributed by atoms with E-state index in [0.29, 0.717) is 0 Å². The number of nitrogens with zero attached hydrogens (tertiary/aromatic N) is 1. The molecule has 1 nitrogen and oxygen atoms in total. The lowest BCUT2D eigenvalue weighted by molar-refractivity contribution is 1.28. The van der Waals surface area contributed by atoms with E-state index in [1.54, 1.807) is 0 Å². The van der Waals surface area contributed by atoms with Crippen molar-refractivity contribution in [2.45, 2.75) is 0 Å². The van der Waals surface area contributed by atoms with Gasteiger partial charge in [-0.1, -0.05) is 206 Å². The van der Waals surface area contributed by atoms with Crippen molar-refractivity contribution >= 4 is 17.1 Å². The van der Waals surface area contributed by atoms with E-state index in [-0.39, 0.29) is 0 Å². The van der Waals surface area contributed by atoms with Gasteiger partial charge in [-0.15, -0.1) is 0 Å². The molecule has 0 radical (unpaired) electrons. The van der Waals surface area contributed by atoms with Crippen molar-refractivity contribution in [3.63, 3.8) is 0 Å². The van der Waals surface area contributed by atoms with Crippen molar-refractivity contribution in [2.24, 2.45) is 0 Å². The SMILES string of the molecule is c1ccc(-c2cc(-c3ccccc3)cc(-c3ccc(N(c4cccc(-c5ccccc5-c5ccccc5)c4)c4cccc(-c5ccccc5-c5ccccc5)c4)cc3)c2)cc1. The molecular weight excluding hydrogens is 735 g/mol. The molecule has 1 heteroatoms. The molecule has 0 amide bonds. The van der Waals surface area contributed by atoms with E-state index in [9.17, 15) is 0 Å². The Balaban J connectivity index is 1.10. The summed E-state index contributed by atoms with van der Waals surface area (Å²) < 4.78 is 0. The first-order valence-electron chi connectivity index (χ1n) is 20.9. The van der Waals surface area contributed by atoms with Crippen LogP contribution in [0.25, 0.3) is 77.9 Å². The van der Waals surface area contributed by atoms with Gasteiger partial charge in [-0.3, -0.25) is 0 Å². The summed E-state index contributed by atoms with van der Waals surface area (Å²) in [6.07, 6.45) is 0. The Labute approximate surface area is 359 Å². The summed E-state index contributed by atoms with van der Waals surface area (Å²) in [5, 5.41) is 0. The highest BCUT2D eigenvalue weighted by molar-refractivity contribution is 5.90. The number of hydrogen-bond donors (Lipinski definition) is 0. The van der Waals surface area contributed by atoms with Crippen molar-refractivity contribution in [2.75, 3.05) is 4.90 Å². The van der Waals surface area contributed by atoms with Crippen LogP contribution < -0.4 is 4.90 Å². The third-order valence-electron chi connectivity index (χ3n) is 11.5. The second kappa shape index (κ2) is 17.1. The van der Waals surface area contributed by atoms with Gasteiger partial charge in [0.25, 0.3) is 0 Å². The van der Waals surface area contributed by atoms with Gasteiger partial charge in [0.2, 0.25) is 0 Å². The van der Waals surface area contributed by atoms with Gasteiger partial charge in [-0.2, -0.15) is 0 Å². The highest BCUT2D eigenvalue weighted by Gasteiger charge is 2.17. The van der Waals surface area contributed by atoms with E-state index < -0.39 is 0 Å². The third-order valence-corrected chi connectivity index (χ3v) is 11.5. The van der Waals surface area contributed by atoms with Crippen LogP contribution in [0.15, 0.2) is 261 Å². The Morgan fingerprint density at radius 1 is 0.164 bits per heavy atom. The van der Waals surface area contributed by atoms with E-state index in [1.807, 2.05) is 0 Å². The van der Waals surface area contributed by atoms with E-state index >= 15 is 0 Å². The van der Waals surface area contributed by atoms with Crippen LogP contribution >= 0.6 is 0 Å². The van der Waals surface area contributed by atoms with Crippen molar-refractivity contribution in [3.05, 3.63) is 261 Å². The lowest BCUT2D eigenvalue weighted by atomic mass is 9.93. The predicted molar refractivity (Wildman–Crippen MR) is 259 cm³/mol. The molecule has 0 saturated carbocycles. The second-order valence-corrected chi connectivity index (χ2v) is 15.3. The van der Waals surface area contributed by atoms with Crippen molar-refractivity contribution in [1.29, 1.82) is 0 Å². The summed E-state index contributed by atoms with van der Waals surface area (Å²) in [7, 11) is 0. The minimum absolute atomic E-state index is 1.08. The molecule has 0 heterocycles. The zero-order valence-electron chi connectivity index (χ0n) is 33.8. The molecule has 10 aromatic carbocycles. The Bertz CT molecular complexity index is 2860. The van der Waals surface area contributed by atoms with Gasteiger partial charge in [0.05, 0.1) is 0 Å². The third kappa shape index (κ3) is 7.93. The maximum Gasteiger partial charge on any atom is 0.0467 e. The van der Waals surface area contributed by atoms with Gasteiger partial charge in [0.15, 0.2) is 0 Å². The zero-order chi connectivity index (χ0) is 40.8. The Hall–Kier alpha value is -8.00. The van der Waals surface area contributed by atoms with Crippen LogP contribution in [0.4, 0.5) is 17.1 Å². The average Bonchev–Trinajstić information content (AvgIpc) is 3.35. The molecule has 0 aromatic heterocycles. The van der Waals surface area contributed by atoms with E-state index in [4.69, 9.17) is 0 Å². The zero-order valence-corrected chi connectivity index (χ0v) is 33.8. The van der Waals surface area contributed by atoms with Crippen LogP contribution in [0.1, 0.15) is 0 Å². The molecule has 0 aliphatic heterocycles. The monoisotopic (exact) mass is 777 g/mol. The summed E-state index contributed by atoms with van der Waals surface area (Å²) in [4.78, 5) is 2.39. The summed E-state index contributed by atoms with van der Waals surface area (Å²) in [5.74, 6) is 0. The average molecular weight is 778 g/mol. The van der Waals surface area contributed by atoms with Crippen LogP contribution in [0, 0.1) is 0 Å². The minimum Gasteiger partial charge on any atom is -0.310 e. The molecule has 61 heavy (non-hydrogen) atoms. The first kappa shape index (κ1) is 37.3. The van der Waals surface area contributed by atoms with Crippen LogP contribution in [0.3, 0.4) is 0 Å². The van der Waals surface area contributed by atoms with Gasteiger partial charge in [-0.25, -0.2) is 0 Å². The summed E-state index contributed by atoms with van der Waals surface area (Å²) in [6.45, 7) is 0. The Morgan fingerprint density at radius 3 is 0.836 bits per heavy atom. The predicted octanol–water partition coefficient (Wildman–Crippen LogP) is 16.8. The van der Waals surface area contributed by atoms with Gasteiger partial charge >= 0.3 is 0 Å². The molecule has 0 bridgehead atoms. The molecule has 0 saturated heterocycles. The van der Waals surface area contributed by atoms with Crippen LogP contribution in [0.2, 0.25) is 0 Å². The van der Waals surface area contributed by atoms with Crippen molar-refractivity contribution in [3.8, 4) is 77.9 Å². The molecule has 288 valence electrons. The van der Waals surface area contributed by atoms with Gasteiger partial charge < -0.3 is 4.90 Å². The highest BCUT2D eigenvalue weighted by atomic mass is 15.1. The lowest BCUT2D eigenvalue weighted by Gasteiger charge is -2.27. The van der Waals surface area contributed by atoms with Crippen molar-refractivity contribution < 1.29 is 0 Å². The Morgan fingerprint density at radius 2 is 0.459 bits per heavy atom. The fourth-order valence-corrected chi connectivity index (χ4v) is 8.47. The van der Waals surface area contributed by atoms with Crippen LogP contribution in [-0.4, -0.2) is 0 Å². The fourth-order valence-electron chi connectivity index (χ4n) is 8.47. The molecule has 0 N–H and O–H groups in total. The van der Waals surface area contributed by atoms with Gasteiger partial charge in [0, 0.05) is 17.1 Å². The molecule has 0 unspecified atom stereocenters. The summed E-state index contributed by atoms with van der Waals surface area (Å²) in [6, 6.07) is 94.0. The molecule has 10 aromatic rings. The Kier molecular flexibility index (Phi) is 10.4. The number of rotatable bonds is 10. The number of hydrogen-bond acceptors (Lipinski definition) is 1. The summed E-state index contributed by atoms with van der Waals surface area (Å²) in [5.41, 5.74) is 19.9. The van der Waals surface area contributed by atoms with E-state index in [2.05, 4.69) is 266 Å². The van der Waals surface area contributed by atoms with E-state index in [0.717, 1.165) is 33.8 Å². The molecular formula is C60H43N.